The molecule has 0 atom stereocenters. The molecule has 2 heterocycles. The molecule has 1 saturated heterocycles. The third-order valence-corrected chi connectivity index (χ3v) is 4.44. The molecule has 0 unspecified atom stereocenters. The first-order valence-electron chi connectivity index (χ1n) is 7.72. The second-order valence-electron chi connectivity index (χ2n) is 6.05. The Morgan fingerprint density at radius 1 is 1.20 bits per heavy atom. The summed E-state index contributed by atoms with van der Waals surface area (Å²) in [6.45, 7) is 1.94. The van der Waals surface area contributed by atoms with Crippen molar-refractivity contribution in [3.63, 3.8) is 0 Å². The Morgan fingerprint density at radius 3 is 2.28 bits per heavy atom. The maximum atomic E-state index is 11.9. The summed E-state index contributed by atoms with van der Waals surface area (Å²) < 4.78 is 0. The van der Waals surface area contributed by atoms with Crippen molar-refractivity contribution in [3.05, 3.63) is 64.9 Å². The number of halogens is 1. The van der Waals surface area contributed by atoms with Crippen LogP contribution in [0, 0.1) is 5.41 Å². The minimum absolute atomic E-state index is 0.228. The Balaban J connectivity index is 0.000000701. The molecule has 6 nitrogen and oxygen atoms in total. The summed E-state index contributed by atoms with van der Waals surface area (Å²) in [5.74, 6) is -0.228. The van der Waals surface area contributed by atoms with E-state index in [-0.39, 0.29) is 12.4 Å². The van der Waals surface area contributed by atoms with Crippen molar-refractivity contribution in [1.29, 1.82) is 0 Å². The van der Waals surface area contributed by atoms with Gasteiger partial charge in [-0.2, -0.15) is 0 Å². The van der Waals surface area contributed by atoms with E-state index >= 15 is 0 Å². The fourth-order valence-corrected chi connectivity index (χ4v) is 3.14. The molecule has 7 heteroatoms. The van der Waals surface area contributed by atoms with E-state index in [1.165, 1.54) is 5.56 Å². The molecule has 0 saturated carbocycles. The van der Waals surface area contributed by atoms with E-state index in [1.807, 2.05) is 36.4 Å². The van der Waals surface area contributed by atoms with Crippen LogP contribution in [0.25, 0.3) is 0 Å². The molecule has 0 aliphatic carbocycles. The van der Waals surface area contributed by atoms with E-state index in [9.17, 15) is 4.79 Å². The van der Waals surface area contributed by atoms with Gasteiger partial charge in [0.25, 0.3) is 6.47 Å². The predicted octanol–water partition coefficient (Wildman–Crippen LogP) is 1.97. The van der Waals surface area contributed by atoms with E-state index in [2.05, 4.69) is 9.88 Å². The minimum Gasteiger partial charge on any atom is -0.483 e. The van der Waals surface area contributed by atoms with Gasteiger partial charge in [0.2, 0.25) is 5.91 Å². The molecular formula is C18H20ClN3O3. The maximum Gasteiger partial charge on any atom is 0.290 e. The molecule has 1 fully saturated rings. The zero-order valence-corrected chi connectivity index (χ0v) is 14.4. The van der Waals surface area contributed by atoms with Gasteiger partial charge < -0.3 is 10.8 Å². The van der Waals surface area contributed by atoms with Crippen molar-refractivity contribution in [2.45, 2.75) is 13.0 Å². The number of likely N-dealkylation sites (tertiary alicyclic amines) is 1. The fraction of sp³-hybridized carbons (Fsp3) is 0.278. The van der Waals surface area contributed by atoms with E-state index in [0.717, 1.165) is 12.1 Å². The molecule has 3 N–H and O–H groups in total. The largest absolute Gasteiger partial charge is 0.483 e. The van der Waals surface area contributed by atoms with Crippen LogP contribution in [0.3, 0.4) is 0 Å². The van der Waals surface area contributed by atoms with Gasteiger partial charge >= 0.3 is 0 Å². The number of carboxylic acid groups (broad SMARTS) is 1. The van der Waals surface area contributed by atoms with Gasteiger partial charge in [-0.3, -0.25) is 19.5 Å². The number of nitrogens with zero attached hydrogens (tertiary/aromatic N) is 2. The van der Waals surface area contributed by atoms with E-state index in [1.54, 1.807) is 12.4 Å². The van der Waals surface area contributed by atoms with Gasteiger partial charge in [0.15, 0.2) is 0 Å². The van der Waals surface area contributed by atoms with Crippen molar-refractivity contribution in [2.24, 2.45) is 11.1 Å². The van der Waals surface area contributed by atoms with Gasteiger partial charge in [0.05, 0.1) is 5.41 Å². The summed E-state index contributed by atoms with van der Waals surface area (Å²) in [7, 11) is 0. The van der Waals surface area contributed by atoms with Gasteiger partial charge in [0.1, 0.15) is 0 Å². The lowest BCUT2D eigenvalue weighted by Gasteiger charge is -2.48. The second kappa shape index (κ2) is 8.60. The van der Waals surface area contributed by atoms with Crippen molar-refractivity contribution in [3.8, 4) is 0 Å². The highest BCUT2D eigenvalue weighted by atomic mass is 35.5. The van der Waals surface area contributed by atoms with E-state index < -0.39 is 5.41 Å². The summed E-state index contributed by atoms with van der Waals surface area (Å²) in [6.07, 6.45) is 4.22. The molecule has 1 aliphatic rings. The molecule has 1 aromatic heterocycles. The van der Waals surface area contributed by atoms with Crippen molar-refractivity contribution >= 4 is 24.0 Å². The summed E-state index contributed by atoms with van der Waals surface area (Å²) in [5, 5.41) is 7.59. The van der Waals surface area contributed by atoms with Crippen LogP contribution in [0.2, 0.25) is 5.02 Å². The quantitative estimate of drug-likeness (QED) is 0.793. The average Bonchev–Trinajstić information content (AvgIpc) is 2.56. The first kappa shape index (κ1) is 18.9. The van der Waals surface area contributed by atoms with Crippen molar-refractivity contribution in [1.82, 2.24) is 9.88 Å². The van der Waals surface area contributed by atoms with Crippen LogP contribution >= 0.6 is 11.6 Å². The number of hydrogen-bond donors (Lipinski definition) is 2. The van der Waals surface area contributed by atoms with Crippen molar-refractivity contribution < 1.29 is 14.7 Å². The Bertz CT molecular complexity index is 701. The van der Waals surface area contributed by atoms with Crippen molar-refractivity contribution in [2.75, 3.05) is 13.1 Å². The summed E-state index contributed by atoms with van der Waals surface area (Å²) in [5.41, 5.74) is 7.48. The monoisotopic (exact) mass is 361 g/mol. The van der Waals surface area contributed by atoms with E-state index in [4.69, 9.17) is 27.2 Å². The second-order valence-corrected chi connectivity index (χ2v) is 6.49. The average molecular weight is 362 g/mol. The third-order valence-electron chi connectivity index (χ3n) is 4.19. The van der Waals surface area contributed by atoms with Crippen LogP contribution in [0.5, 0.6) is 0 Å². The number of nitrogens with two attached hydrogens (primary N) is 1. The van der Waals surface area contributed by atoms with Crippen LogP contribution in [-0.4, -0.2) is 40.5 Å². The molecule has 0 radical (unpaired) electrons. The number of rotatable bonds is 5. The number of aromatic nitrogens is 1. The molecule has 0 spiro atoms. The lowest BCUT2D eigenvalue weighted by Crippen LogP contribution is -2.62. The molecule has 25 heavy (non-hydrogen) atoms. The number of hydrogen-bond acceptors (Lipinski definition) is 4. The van der Waals surface area contributed by atoms with Crippen LogP contribution < -0.4 is 5.73 Å². The Labute approximate surface area is 151 Å². The maximum absolute atomic E-state index is 11.9. The number of amides is 1. The highest BCUT2D eigenvalue weighted by Crippen LogP contribution is 2.35. The lowest BCUT2D eigenvalue weighted by atomic mass is 9.74. The molecule has 3 rings (SSSR count). The Morgan fingerprint density at radius 2 is 1.76 bits per heavy atom. The predicted molar refractivity (Wildman–Crippen MR) is 95.0 cm³/mol. The number of carbonyl (C=O) groups is 2. The number of benzene rings is 1. The number of primary amides is 1. The zero-order chi connectivity index (χ0) is 18.3. The van der Waals surface area contributed by atoms with Crippen LogP contribution in [-0.2, 0) is 22.6 Å². The minimum atomic E-state index is -0.471. The Kier molecular flexibility index (Phi) is 6.50. The Hall–Kier alpha value is -2.44. The lowest BCUT2D eigenvalue weighted by molar-refractivity contribution is -0.138. The molecule has 132 valence electrons. The first-order valence-corrected chi connectivity index (χ1v) is 8.10. The smallest absolute Gasteiger partial charge is 0.290 e. The molecular weight excluding hydrogens is 342 g/mol. The SMILES string of the molecule is NC(=O)C1(Cc2ccc(Cl)cc2)CN(Cc2ccncc2)C1.O=CO. The van der Waals surface area contributed by atoms with Gasteiger partial charge in [-0.05, 0) is 41.8 Å². The third kappa shape index (κ3) is 5.01. The number of carbonyl (C=O) groups excluding carboxylic acids is 1. The fourth-order valence-electron chi connectivity index (χ4n) is 3.02. The van der Waals surface area contributed by atoms with Gasteiger partial charge in [-0.15, -0.1) is 0 Å². The van der Waals surface area contributed by atoms with Crippen LogP contribution in [0.1, 0.15) is 11.1 Å². The highest BCUT2D eigenvalue weighted by molar-refractivity contribution is 6.30. The number of pyridine rings is 1. The standard InChI is InChI=1S/C17H18ClN3O.CH2O2/c18-15-3-1-13(2-4-15)9-17(16(19)22)11-21(12-17)10-14-5-7-20-8-6-14;2-1-3/h1-8H,9-12H2,(H2,19,22);1H,(H,2,3). The van der Waals surface area contributed by atoms with Gasteiger partial charge in [-0.1, -0.05) is 23.7 Å². The summed E-state index contributed by atoms with van der Waals surface area (Å²) >= 11 is 5.90. The molecule has 1 aliphatic heterocycles. The molecule has 1 aromatic carbocycles. The van der Waals surface area contributed by atoms with Gasteiger partial charge in [0, 0.05) is 37.1 Å². The summed E-state index contributed by atoms with van der Waals surface area (Å²) in [4.78, 5) is 26.5. The van der Waals surface area contributed by atoms with Gasteiger partial charge in [-0.25, -0.2) is 0 Å². The topological polar surface area (TPSA) is 96.5 Å². The van der Waals surface area contributed by atoms with E-state index in [0.29, 0.717) is 24.5 Å². The molecule has 2 aromatic rings. The molecule has 0 bridgehead atoms. The highest BCUT2D eigenvalue weighted by Gasteiger charge is 2.47. The first-order chi connectivity index (χ1) is 12.0. The molecule has 1 amide bonds. The van der Waals surface area contributed by atoms with Crippen LogP contribution in [0.15, 0.2) is 48.8 Å². The summed E-state index contributed by atoms with van der Waals surface area (Å²) in [6, 6.07) is 11.6. The zero-order valence-electron chi connectivity index (χ0n) is 13.6. The van der Waals surface area contributed by atoms with Crippen LogP contribution in [0.4, 0.5) is 0 Å². The normalized spacial score (nSPS) is 15.4.